The van der Waals surface area contributed by atoms with Gasteiger partial charge >= 0.3 is 0 Å². The molecular weight excluding hydrogens is 360 g/mol. The number of hydrogen-bond acceptors (Lipinski definition) is 4. The van der Waals surface area contributed by atoms with E-state index in [1.165, 1.54) is 5.69 Å². The van der Waals surface area contributed by atoms with Crippen LogP contribution in [-0.2, 0) is 16.0 Å². The smallest absolute Gasteiger partial charge is 0.170 e. The highest BCUT2D eigenvalue weighted by Crippen LogP contribution is 2.38. The Kier molecular flexibility index (Phi) is 5.71. The van der Waals surface area contributed by atoms with Crippen LogP contribution < -0.4 is 5.32 Å². The molecule has 2 aliphatic heterocycles. The van der Waals surface area contributed by atoms with Crippen molar-refractivity contribution in [3.63, 3.8) is 0 Å². The van der Waals surface area contributed by atoms with Crippen molar-refractivity contribution in [2.24, 2.45) is 0 Å². The molecule has 2 aromatic heterocycles. The number of nitrogens with one attached hydrogen (secondary N) is 1. The zero-order valence-electron chi connectivity index (χ0n) is 15.6. The van der Waals surface area contributed by atoms with Crippen LogP contribution in [0.15, 0.2) is 42.7 Å². The van der Waals surface area contributed by atoms with Crippen LogP contribution in [0.1, 0.15) is 36.3 Å². The zero-order chi connectivity index (χ0) is 18.6. The largest absolute Gasteiger partial charge is 0.383 e. The van der Waals surface area contributed by atoms with Crippen molar-refractivity contribution >= 4 is 17.3 Å². The molecule has 0 bridgehead atoms. The quantitative estimate of drug-likeness (QED) is 0.739. The third-order valence-corrected chi connectivity index (χ3v) is 5.68. The second-order valence-corrected chi connectivity index (χ2v) is 7.42. The summed E-state index contributed by atoms with van der Waals surface area (Å²) < 4.78 is 13.5. The van der Waals surface area contributed by atoms with Crippen LogP contribution in [0.5, 0.6) is 0 Å². The number of thiocarbonyl (C=S) groups is 1. The van der Waals surface area contributed by atoms with Gasteiger partial charge in [0.05, 0.1) is 30.5 Å². The van der Waals surface area contributed by atoms with E-state index in [2.05, 4.69) is 44.2 Å². The summed E-state index contributed by atoms with van der Waals surface area (Å²) in [5.41, 5.74) is 2.22. The van der Waals surface area contributed by atoms with Gasteiger partial charge in [0.1, 0.15) is 0 Å². The highest BCUT2D eigenvalue weighted by atomic mass is 32.1. The van der Waals surface area contributed by atoms with Gasteiger partial charge in [-0.25, -0.2) is 0 Å². The monoisotopic (exact) mass is 386 g/mol. The molecule has 3 atom stereocenters. The Morgan fingerprint density at radius 1 is 1.33 bits per heavy atom. The number of hydrogen-bond donors (Lipinski definition) is 1. The first-order chi connectivity index (χ1) is 13.3. The minimum atomic E-state index is 0.00806. The van der Waals surface area contributed by atoms with Crippen molar-refractivity contribution in [2.45, 2.75) is 37.6 Å². The average molecular weight is 387 g/mol. The molecule has 144 valence electrons. The van der Waals surface area contributed by atoms with E-state index < -0.39 is 0 Å². The Balaban J connectivity index is 1.66. The number of ether oxygens (including phenoxy) is 2. The summed E-state index contributed by atoms with van der Waals surface area (Å²) in [6.45, 7) is 3.10. The van der Waals surface area contributed by atoms with Gasteiger partial charge in [-0.1, -0.05) is 6.07 Å². The summed E-state index contributed by atoms with van der Waals surface area (Å²) in [5.74, 6) is 0. The predicted molar refractivity (Wildman–Crippen MR) is 107 cm³/mol. The minimum Gasteiger partial charge on any atom is -0.383 e. The van der Waals surface area contributed by atoms with Crippen LogP contribution >= 0.6 is 12.2 Å². The lowest BCUT2D eigenvalue weighted by Gasteiger charge is -2.29. The van der Waals surface area contributed by atoms with Crippen LogP contribution in [0.4, 0.5) is 0 Å². The lowest BCUT2D eigenvalue weighted by atomic mass is 10.0. The van der Waals surface area contributed by atoms with E-state index in [-0.39, 0.29) is 18.2 Å². The molecule has 0 saturated carbocycles. The highest BCUT2D eigenvalue weighted by Gasteiger charge is 2.41. The lowest BCUT2D eigenvalue weighted by Crippen LogP contribution is -2.33. The van der Waals surface area contributed by atoms with Crippen molar-refractivity contribution in [1.82, 2.24) is 19.8 Å². The van der Waals surface area contributed by atoms with Crippen molar-refractivity contribution in [3.05, 3.63) is 54.1 Å². The molecule has 2 aliphatic rings. The van der Waals surface area contributed by atoms with Gasteiger partial charge in [0, 0.05) is 44.9 Å². The van der Waals surface area contributed by atoms with E-state index in [9.17, 15) is 0 Å². The number of rotatable bonds is 7. The minimum absolute atomic E-state index is 0.00806. The van der Waals surface area contributed by atoms with Gasteiger partial charge in [-0.3, -0.25) is 4.98 Å². The van der Waals surface area contributed by atoms with Crippen molar-refractivity contribution < 1.29 is 9.47 Å². The van der Waals surface area contributed by atoms with E-state index >= 15 is 0 Å². The Labute approximate surface area is 165 Å². The first-order valence-electron chi connectivity index (χ1n) is 9.51. The summed E-state index contributed by atoms with van der Waals surface area (Å²) in [7, 11) is 1.72. The van der Waals surface area contributed by atoms with E-state index in [4.69, 9.17) is 21.7 Å². The number of aromatic nitrogens is 2. The van der Waals surface area contributed by atoms with Crippen molar-refractivity contribution in [1.29, 1.82) is 0 Å². The third-order valence-electron chi connectivity index (χ3n) is 5.33. The summed E-state index contributed by atoms with van der Waals surface area (Å²) in [5, 5.41) is 4.23. The van der Waals surface area contributed by atoms with Gasteiger partial charge in [-0.05, 0) is 49.3 Å². The zero-order valence-corrected chi connectivity index (χ0v) is 16.4. The Bertz CT molecular complexity index is 760. The first kappa shape index (κ1) is 18.4. The van der Waals surface area contributed by atoms with Crippen molar-refractivity contribution in [3.8, 4) is 0 Å². The molecule has 2 fully saturated rings. The van der Waals surface area contributed by atoms with Gasteiger partial charge in [0.15, 0.2) is 5.11 Å². The Hall–Kier alpha value is -1.96. The molecular formula is C20H26N4O2S. The third kappa shape index (κ3) is 3.85. The molecule has 2 saturated heterocycles. The molecule has 0 spiro atoms. The summed E-state index contributed by atoms with van der Waals surface area (Å²) >= 11 is 5.67. The average Bonchev–Trinajstić information content (AvgIpc) is 3.42. The Morgan fingerprint density at radius 2 is 2.26 bits per heavy atom. The maximum atomic E-state index is 5.86. The van der Waals surface area contributed by atoms with Crippen LogP contribution in [-0.4, -0.2) is 52.5 Å². The molecule has 0 aliphatic carbocycles. The lowest BCUT2D eigenvalue weighted by molar-refractivity contribution is 0.0949. The van der Waals surface area contributed by atoms with Gasteiger partial charge in [0.2, 0.25) is 0 Å². The second kappa shape index (κ2) is 8.37. The van der Waals surface area contributed by atoms with Crippen LogP contribution in [0.2, 0.25) is 0 Å². The molecule has 1 N–H and O–H groups in total. The fourth-order valence-electron chi connectivity index (χ4n) is 4.03. The molecule has 0 unspecified atom stereocenters. The number of pyridine rings is 1. The molecule has 0 aromatic carbocycles. The fraction of sp³-hybridized carbons (Fsp3) is 0.500. The summed E-state index contributed by atoms with van der Waals surface area (Å²) in [6.07, 6.45) is 6.53. The van der Waals surface area contributed by atoms with Crippen LogP contribution in [0.25, 0.3) is 0 Å². The number of nitrogens with zero attached hydrogens (tertiary/aromatic N) is 3. The fourth-order valence-corrected chi connectivity index (χ4v) is 4.36. The highest BCUT2D eigenvalue weighted by molar-refractivity contribution is 7.80. The van der Waals surface area contributed by atoms with E-state index in [1.807, 2.05) is 18.3 Å². The maximum Gasteiger partial charge on any atom is 0.170 e. The molecule has 0 amide bonds. The van der Waals surface area contributed by atoms with E-state index in [1.54, 1.807) is 7.11 Å². The molecule has 2 aromatic rings. The van der Waals surface area contributed by atoms with Crippen LogP contribution in [0.3, 0.4) is 0 Å². The second-order valence-electron chi connectivity index (χ2n) is 7.03. The molecule has 0 radical (unpaired) electrons. The normalized spacial score (nSPS) is 25.1. The van der Waals surface area contributed by atoms with Gasteiger partial charge < -0.3 is 24.3 Å². The predicted octanol–water partition coefficient (Wildman–Crippen LogP) is 2.68. The molecule has 4 heterocycles. The topological polar surface area (TPSA) is 51.5 Å². The molecule has 4 rings (SSSR count). The summed E-state index contributed by atoms with van der Waals surface area (Å²) in [6, 6.07) is 10.4. The first-order valence-corrected chi connectivity index (χ1v) is 9.92. The standard InChI is InChI=1S/C20H26N4O2S/c1-25-13-11-24-19(18(22-20(24)27)16-7-2-3-9-21-16)17-8-4-10-23(17)14-15-6-5-12-26-15/h2-4,7-10,15,18-19H,5-6,11-14H2,1H3,(H,22,27)/t15-,18-,19-/m1/s1. The van der Waals surface area contributed by atoms with E-state index in [0.29, 0.717) is 6.61 Å². The SMILES string of the molecule is COCCN1C(=S)N[C@H](c2ccccn2)[C@H]1c1cccn1C[C@H]1CCCO1. The molecule has 6 nitrogen and oxygen atoms in total. The van der Waals surface area contributed by atoms with Crippen molar-refractivity contribution in [2.75, 3.05) is 26.9 Å². The molecule has 7 heteroatoms. The van der Waals surface area contributed by atoms with Gasteiger partial charge in [-0.2, -0.15) is 0 Å². The van der Waals surface area contributed by atoms with Gasteiger partial charge in [0.25, 0.3) is 0 Å². The number of methoxy groups -OCH3 is 1. The van der Waals surface area contributed by atoms with Gasteiger partial charge in [-0.15, -0.1) is 0 Å². The summed E-state index contributed by atoms with van der Waals surface area (Å²) in [4.78, 5) is 6.81. The molecule has 27 heavy (non-hydrogen) atoms. The Morgan fingerprint density at radius 3 is 3.00 bits per heavy atom. The maximum absolute atomic E-state index is 5.86. The van der Waals surface area contributed by atoms with E-state index in [0.717, 1.165) is 43.3 Å². The van der Waals surface area contributed by atoms with Crippen LogP contribution in [0, 0.1) is 0 Å².